The van der Waals surface area contributed by atoms with Gasteiger partial charge < -0.3 is 15.4 Å². The maximum atomic E-state index is 10.6. The molecule has 0 fully saturated rings. The number of aromatic amines is 1. The van der Waals surface area contributed by atoms with E-state index in [-0.39, 0.29) is 12.5 Å². The number of H-pyrrole nitrogens is 1. The third kappa shape index (κ3) is 2.36. The minimum atomic E-state index is -0.715. The zero-order chi connectivity index (χ0) is 13.2. The van der Waals surface area contributed by atoms with E-state index in [1.807, 2.05) is 6.07 Å². The van der Waals surface area contributed by atoms with Crippen molar-refractivity contribution in [2.75, 3.05) is 6.54 Å². The predicted molar refractivity (Wildman–Crippen MR) is 74.2 cm³/mol. The number of carboxylic acid groups (broad SMARTS) is 1. The Kier molecular flexibility index (Phi) is 3.25. The zero-order valence-electron chi connectivity index (χ0n) is 10.8. The Balaban J connectivity index is 1.85. The van der Waals surface area contributed by atoms with Gasteiger partial charge in [-0.1, -0.05) is 18.2 Å². The molecule has 1 aromatic heterocycles. The number of fused-ring (bicyclic) bond motifs is 3. The molecular weight excluding hydrogens is 240 g/mol. The third-order valence-corrected chi connectivity index (χ3v) is 3.84. The zero-order valence-corrected chi connectivity index (χ0v) is 10.8. The van der Waals surface area contributed by atoms with Crippen molar-refractivity contribution in [3.05, 3.63) is 35.5 Å². The molecule has 0 unspecified atom stereocenters. The lowest BCUT2D eigenvalue weighted by molar-refractivity contribution is -0.137. The number of rotatable bonds is 4. The van der Waals surface area contributed by atoms with Crippen LogP contribution in [-0.4, -0.2) is 22.6 Å². The van der Waals surface area contributed by atoms with Gasteiger partial charge in [0.2, 0.25) is 0 Å². The monoisotopic (exact) mass is 258 g/mol. The second kappa shape index (κ2) is 5.05. The van der Waals surface area contributed by atoms with Crippen LogP contribution in [0, 0.1) is 0 Å². The second-order valence-corrected chi connectivity index (χ2v) is 5.11. The fraction of sp³-hybridized carbons (Fsp3) is 0.400. The topological polar surface area (TPSA) is 65.1 Å². The molecule has 4 heteroatoms. The highest BCUT2D eigenvalue weighted by molar-refractivity contribution is 5.85. The van der Waals surface area contributed by atoms with Crippen LogP contribution in [-0.2, 0) is 11.2 Å². The average molecular weight is 258 g/mol. The molecule has 0 amide bonds. The maximum absolute atomic E-state index is 10.6. The lowest BCUT2D eigenvalue weighted by Gasteiger charge is -2.24. The summed E-state index contributed by atoms with van der Waals surface area (Å²) in [5.41, 5.74) is 3.83. The Labute approximate surface area is 111 Å². The van der Waals surface area contributed by atoms with E-state index in [2.05, 4.69) is 28.5 Å². The molecule has 2 aromatic rings. The molecule has 1 aromatic carbocycles. The van der Waals surface area contributed by atoms with E-state index in [0.717, 1.165) is 19.4 Å². The van der Waals surface area contributed by atoms with Crippen molar-refractivity contribution in [3.8, 4) is 0 Å². The second-order valence-electron chi connectivity index (χ2n) is 5.11. The smallest absolute Gasteiger partial charge is 0.303 e. The molecule has 0 saturated carbocycles. The van der Waals surface area contributed by atoms with Crippen molar-refractivity contribution in [1.29, 1.82) is 0 Å². The standard InChI is InChI=1S/C15H18N2O2/c18-14(19)7-3-6-13-15-11(8-9-16-13)10-4-1-2-5-12(10)17-15/h1-2,4-5,13,16-17H,3,6-9H2,(H,18,19)/t13-/m0/s1. The Hall–Kier alpha value is -1.81. The molecule has 0 radical (unpaired) electrons. The summed E-state index contributed by atoms with van der Waals surface area (Å²) < 4.78 is 0. The summed E-state index contributed by atoms with van der Waals surface area (Å²) >= 11 is 0. The number of carboxylic acids is 1. The van der Waals surface area contributed by atoms with Gasteiger partial charge in [-0.05, 0) is 37.4 Å². The van der Waals surface area contributed by atoms with E-state index >= 15 is 0 Å². The summed E-state index contributed by atoms with van der Waals surface area (Å²) in [6, 6.07) is 8.62. The van der Waals surface area contributed by atoms with Crippen molar-refractivity contribution < 1.29 is 9.90 Å². The molecule has 4 nitrogen and oxygen atoms in total. The van der Waals surface area contributed by atoms with Gasteiger partial charge in [0, 0.05) is 29.1 Å². The number of aliphatic carboxylic acids is 1. The fourth-order valence-electron chi connectivity index (χ4n) is 2.96. The minimum absolute atomic E-state index is 0.244. The highest BCUT2D eigenvalue weighted by Crippen LogP contribution is 2.32. The van der Waals surface area contributed by atoms with E-state index in [1.165, 1.54) is 22.2 Å². The van der Waals surface area contributed by atoms with Gasteiger partial charge in [-0.2, -0.15) is 0 Å². The van der Waals surface area contributed by atoms with Gasteiger partial charge >= 0.3 is 5.97 Å². The molecule has 0 bridgehead atoms. The lowest BCUT2D eigenvalue weighted by atomic mass is 9.96. The quantitative estimate of drug-likeness (QED) is 0.789. The first kappa shape index (κ1) is 12.2. The number of carbonyl (C=O) groups is 1. The first-order valence-electron chi connectivity index (χ1n) is 6.80. The fourth-order valence-corrected chi connectivity index (χ4v) is 2.96. The van der Waals surface area contributed by atoms with Gasteiger partial charge in [0.1, 0.15) is 0 Å². The molecule has 1 aliphatic heterocycles. The first-order chi connectivity index (χ1) is 9.25. The number of nitrogens with one attached hydrogen (secondary N) is 2. The summed E-state index contributed by atoms with van der Waals surface area (Å²) in [6.07, 6.45) is 2.86. The molecule has 1 atom stereocenters. The lowest BCUT2D eigenvalue weighted by Crippen LogP contribution is -2.29. The molecule has 2 heterocycles. The largest absolute Gasteiger partial charge is 0.481 e. The predicted octanol–water partition coefficient (Wildman–Crippen LogP) is 2.61. The number of aromatic nitrogens is 1. The van der Waals surface area contributed by atoms with Gasteiger partial charge in [0.05, 0.1) is 0 Å². The van der Waals surface area contributed by atoms with Crippen LogP contribution in [0.5, 0.6) is 0 Å². The molecular formula is C15H18N2O2. The first-order valence-corrected chi connectivity index (χ1v) is 6.80. The number of benzene rings is 1. The van der Waals surface area contributed by atoms with E-state index in [4.69, 9.17) is 5.11 Å². The van der Waals surface area contributed by atoms with E-state index in [0.29, 0.717) is 6.42 Å². The van der Waals surface area contributed by atoms with Crippen molar-refractivity contribution in [3.63, 3.8) is 0 Å². The van der Waals surface area contributed by atoms with Crippen LogP contribution in [0.15, 0.2) is 24.3 Å². The van der Waals surface area contributed by atoms with Gasteiger partial charge in [-0.25, -0.2) is 0 Å². The van der Waals surface area contributed by atoms with Gasteiger partial charge in [0.25, 0.3) is 0 Å². The van der Waals surface area contributed by atoms with Crippen molar-refractivity contribution in [2.45, 2.75) is 31.7 Å². The molecule has 19 heavy (non-hydrogen) atoms. The van der Waals surface area contributed by atoms with E-state index in [1.54, 1.807) is 0 Å². The van der Waals surface area contributed by atoms with Gasteiger partial charge in [0.15, 0.2) is 0 Å². The van der Waals surface area contributed by atoms with Crippen LogP contribution in [0.2, 0.25) is 0 Å². The van der Waals surface area contributed by atoms with Crippen LogP contribution < -0.4 is 5.32 Å². The van der Waals surface area contributed by atoms with Gasteiger partial charge in [-0.15, -0.1) is 0 Å². The van der Waals surface area contributed by atoms with Crippen molar-refractivity contribution in [2.24, 2.45) is 0 Å². The highest BCUT2D eigenvalue weighted by atomic mass is 16.4. The maximum Gasteiger partial charge on any atom is 0.303 e. The van der Waals surface area contributed by atoms with Crippen molar-refractivity contribution in [1.82, 2.24) is 10.3 Å². The van der Waals surface area contributed by atoms with Crippen molar-refractivity contribution >= 4 is 16.9 Å². The summed E-state index contributed by atoms with van der Waals surface area (Å²) in [6.45, 7) is 0.965. The number of hydrogen-bond acceptors (Lipinski definition) is 2. The third-order valence-electron chi connectivity index (χ3n) is 3.84. The average Bonchev–Trinajstić information content (AvgIpc) is 2.78. The van der Waals surface area contributed by atoms with Crippen LogP contribution in [0.4, 0.5) is 0 Å². The molecule has 100 valence electrons. The van der Waals surface area contributed by atoms with Gasteiger partial charge in [-0.3, -0.25) is 4.79 Å². The van der Waals surface area contributed by atoms with Crippen LogP contribution in [0.1, 0.15) is 36.6 Å². The molecule has 1 aliphatic rings. The summed E-state index contributed by atoms with van der Waals surface area (Å²) in [5, 5.41) is 13.5. The van der Waals surface area contributed by atoms with Crippen LogP contribution in [0.25, 0.3) is 10.9 Å². The molecule has 3 rings (SSSR count). The van der Waals surface area contributed by atoms with Crippen LogP contribution >= 0.6 is 0 Å². The summed E-state index contributed by atoms with van der Waals surface area (Å²) in [7, 11) is 0. The Bertz CT molecular complexity index is 603. The normalized spacial score (nSPS) is 18.4. The summed E-state index contributed by atoms with van der Waals surface area (Å²) in [5.74, 6) is -0.715. The molecule has 0 spiro atoms. The molecule has 0 saturated heterocycles. The number of hydrogen-bond donors (Lipinski definition) is 3. The highest BCUT2D eigenvalue weighted by Gasteiger charge is 2.23. The van der Waals surface area contributed by atoms with E-state index < -0.39 is 5.97 Å². The number of para-hydroxylation sites is 1. The SMILES string of the molecule is O=C(O)CCC[C@@H]1NCCc2c1[nH]c1ccccc21. The Morgan fingerprint density at radius 2 is 2.21 bits per heavy atom. The van der Waals surface area contributed by atoms with Crippen LogP contribution in [0.3, 0.4) is 0 Å². The Morgan fingerprint density at radius 1 is 1.37 bits per heavy atom. The minimum Gasteiger partial charge on any atom is -0.481 e. The Morgan fingerprint density at radius 3 is 3.05 bits per heavy atom. The van der Waals surface area contributed by atoms with E-state index in [9.17, 15) is 4.79 Å². The molecule has 3 N–H and O–H groups in total. The molecule has 0 aliphatic carbocycles. The summed E-state index contributed by atoms with van der Waals surface area (Å²) in [4.78, 5) is 14.1.